The molecule has 1 saturated heterocycles. The van der Waals surface area contributed by atoms with Crippen molar-refractivity contribution in [1.29, 1.82) is 0 Å². The second kappa shape index (κ2) is 4.94. The molecule has 0 bridgehead atoms. The Kier molecular flexibility index (Phi) is 4.19. The molecule has 1 aliphatic heterocycles. The molecule has 0 aromatic carbocycles. The molecule has 0 aliphatic carbocycles. The number of nitrogens with zero attached hydrogens (tertiary/aromatic N) is 1. The molecule has 5 nitrogen and oxygen atoms in total. The summed E-state index contributed by atoms with van der Waals surface area (Å²) in [4.78, 5) is 13.7. The maximum absolute atomic E-state index is 12.2. The lowest BCUT2D eigenvalue weighted by Crippen LogP contribution is -2.55. The summed E-state index contributed by atoms with van der Waals surface area (Å²) in [5.41, 5.74) is 5.09. The average molecular weight is 262 g/mol. The van der Waals surface area contributed by atoms with Crippen LogP contribution in [0.1, 0.15) is 33.1 Å². The van der Waals surface area contributed by atoms with Crippen LogP contribution in [0.3, 0.4) is 0 Å². The van der Waals surface area contributed by atoms with Crippen LogP contribution in [0.15, 0.2) is 0 Å². The Bertz CT molecular complexity index is 390. The summed E-state index contributed by atoms with van der Waals surface area (Å²) in [6.07, 6.45) is 1.90. The zero-order chi connectivity index (χ0) is 13.3. The van der Waals surface area contributed by atoms with E-state index in [2.05, 4.69) is 0 Å². The predicted octanol–water partition coefficient (Wildman–Crippen LogP) is 0.149. The summed E-state index contributed by atoms with van der Waals surface area (Å²) in [6, 6.07) is 0. The molecule has 1 atom stereocenters. The highest BCUT2D eigenvalue weighted by Crippen LogP contribution is 2.23. The number of amides is 1. The molecular weight excluding hydrogens is 240 g/mol. The van der Waals surface area contributed by atoms with Crippen LogP contribution in [-0.4, -0.2) is 49.4 Å². The van der Waals surface area contributed by atoms with Crippen LogP contribution in [0.2, 0.25) is 0 Å². The van der Waals surface area contributed by atoms with Crippen LogP contribution in [0.5, 0.6) is 0 Å². The molecule has 6 heteroatoms. The predicted molar refractivity (Wildman–Crippen MR) is 67.3 cm³/mol. The molecule has 1 aliphatic rings. The summed E-state index contributed by atoms with van der Waals surface area (Å²) in [5, 5.41) is -0.868. The zero-order valence-corrected chi connectivity index (χ0v) is 11.6. The topological polar surface area (TPSA) is 80.5 Å². The van der Waals surface area contributed by atoms with Crippen molar-refractivity contribution in [2.24, 2.45) is 5.73 Å². The number of carbonyl (C=O) groups is 1. The SMILES string of the molecule is CN(C(=O)C1CCCCS1(=O)=O)C(C)(C)CN. The van der Waals surface area contributed by atoms with Gasteiger partial charge in [0, 0.05) is 19.1 Å². The lowest BCUT2D eigenvalue weighted by atomic mass is 10.0. The molecular formula is C11H22N2O3S. The highest BCUT2D eigenvalue weighted by molar-refractivity contribution is 7.92. The van der Waals surface area contributed by atoms with Crippen molar-refractivity contribution >= 4 is 15.7 Å². The molecule has 100 valence electrons. The lowest BCUT2D eigenvalue weighted by Gasteiger charge is -2.37. The van der Waals surface area contributed by atoms with Crippen LogP contribution in [-0.2, 0) is 14.6 Å². The van der Waals surface area contributed by atoms with E-state index in [1.54, 1.807) is 7.05 Å². The Hall–Kier alpha value is -0.620. The summed E-state index contributed by atoms with van der Waals surface area (Å²) < 4.78 is 23.7. The highest BCUT2D eigenvalue weighted by Gasteiger charge is 2.39. The maximum Gasteiger partial charge on any atom is 0.241 e. The average Bonchev–Trinajstić information content (AvgIpc) is 2.26. The van der Waals surface area contributed by atoms with Crippen LogP contribution < -0.4 is 5.73 Å². The zero-order valence-electron chi connectivity index (χ0n) is 10.8. The third kappa shape index (κ3) is 2.98. The molecule has 0 radical (unpaired) electrons. The molecule has 0 saturated carbocycles. The lowest BCUT2D eigenvalue weighted by molar-refractivity contribution is -0.134. The van der Waals surface area contributed by atoms with Gasteiger partial charge >= 0.3 is 0 Å². The fraction of sp³-hybridized carbons (Fsp3) is 0.909. The molecule has 1 heterocycles. The van der Waals surface area contributed by atoms with E-state index >= 15 is 0 Å². The standard InChI is InChI=1S/C11H22N2O3S/c1-11(2,8-12)13(3)10(14)9-6-4-5-7-17(9,15)16/h9H,4-8,12H2,1-3H3. The third-order valence-electron chi connectivity index (χ3n) is 3.59. The minimum Gasteiger partial charge on any atom is -0.338 e. The summed E-state index contributed by atoms with van der Waals surface area (Å²) in [7, 11) is -1.64. The molecule has 1 fully saturated rings. The van der Waals surface area contributed by atoms with E-state index < -0.39 is 20.6 Å². The van der Waals surface area contributed by atoms with E-state index in [0.29, 0.717) is 19.4 Å². The largest absolute Gasteiger partial charge is 0.338 e. The number of hydrogen-bond donors (Lipinski definition) is 1. The molecule has 1 unspecified atom stereocenters. The first-order valence-corrected chi connectivity index (χ1v) is 7.63. The second-order valence-electron chi connectivity index (χ2n) is 5.27. The van der Waals surface area contributed by atoms with Crippen LogP contribution in [0, 0.1) is 0 Å². The minimum absolute atomic E-state index is 0.125. The van der Waals surface area contributed by atoms with Gasteiger partial charge in [-0.3, -0.25) is 4.79 Å². The van der Waals surface area contributed by atoms with E-state index in [9.17, 15) is 13.2 Å². The summed E-state index contributed by atoms with van der Waals surface area (Å²) >= 11 is 0. The van der Waals surface area contributed by atoms with Crippen molar-refractivity contribution in [1.82, 2.24) is 4.90 Å². The smallest absolute Gasteiger partial charge is 0.241 e. The van der Waals surface area contributed by atoms with Crippen LogP contribution in [0.25, 0.3) is 0 Å². The van der Waals surface area contributed by atoms with Gasteiger partial charge in [0.05, 0.1) is 5.75 Å². The van der Waals surface area contributed by atoms with Crippen molar-refractivity contribution in [3.8, 4) is 0 Å². The van der Waals surface area contributed by atoms with Gasteiger partial charge in [0.1, 0.15) is 5.25 Å². The molecule has 0 spiro atoms. The fourth-order valence-corrected chi connectivity index (χ4v) is 3.77. The first kappa shape index (κ1) is 14.4. The Morgan fingerprint density at radius 3 is 2.47 bits per heavy atom. The Morgan fingerprint density at radius 2 is 2.00 bits per heavy atom. The van der Waals surface area contributed by atoms with E-state index in [0.717, 1.165) is 6.42 Å². The van der Waals surface area contributed by atoms with Gasteiger partial charge in [-0.25, -0.2) is 8.42 Å². The molecule has 2 N–H and O–H groups in total. The first-order chi connectivity index (χ1) is 7.72. The van der Waals surface area contributed by atoms with E-state index in [4.69, 9.17) is 5.73 Å². The van der Waals surface area contributed by atoms with Crippen molar-refractivity contribution in [2.45, 2.75) is 43.9 Å². The number of rotatable bonds is 3. The van der Waals surface area contributed by atoms with Crippen molar-refractivity contribution < 1.29 is 13.2 Å². The number of hydrogen-bond acceptors (Lipinski definition) is 4. The van der Waals surface area contributed by atoms with Gasteiger partial charge < -0.3 is 10.6 Å². The van der Waals surface area contributed by atoms with Gasteiger partial charge in [-0.2, -0.15) is 0 Å². The van der Waals surface area contributed by atoms with E-state index in [1.165, 1.54) is 4.90 Å². The molecule has 17 heavy (non-hydrogen) atoms. The third-order valence-corrected chi connectivity index (χ3v) is 5.75. The van der Waals surface area contributed by atoms with Crippen LogP contribution >= 0.6 is 0 Å². The second-order valence-corrected chi connectivity index (χ2v) is 7.57. The number of sulfone groups is 1. The summed E-state index contributed by atoms with van der Waals surface area (Å²) in [5.74, 6) is -0.194. The Labute approximate surface area is 103 Å². The quantitative estimate of drug-likeness (QED) is 0.785. The molecule has 0 aromatic heterocycles. The van der Waals surface area contributed by atoms with Gasteiger partial charge in [-0.1, -0.05) is 6.42 Å². The highest BCUT2D eigenvalue weighted by atomic mass is 32.2. The van der Waals surface area contributed by atoms with Gasteiger partial charge in [0.15, 0.2) is 9.84 Å². The van der Waals surface area contributed by atoms with Crippen molar-refractivity contribution in [2.75, 3.05) is 19.3 Å². The normalized spacial score (nSPS) is 24.4. The molecule has 1 rings (SSSR count). The Morgan fingerprint density at radius 1 is 1.41 bits per heavy atom. The molecule has 0 aromatic rings. The monoisotopic (exact) mass is 262 g/mol. The number of nitrogens with two attached hydrogens (primary N) is 1. The van der Waals surface area contributed by atoms with Gasteiger partial charge in [0.2, 0.25) is 5.91 Å². The number of carbonyl (C=O) groups excluding carboxylic acids is 1. The minimum atomic E-state index is -3.27. The fourth-order valence-electron chi connectivity index (χ4n) is 1.88. The van der Waals surface area contributed by atoms with Crippen LogP contribution in [0.4, 0.5) is 0 Å². The van der Waals surface area contributed by atoms with Gasteiger partial charge in [-0.15, -0.1) is 0 Å². The van der Waals surface area contributed by atoms with Gasteiger partial charge in [0.25, 0.3) is 0 Å². The number of likely N-dealkylation sites (N-methyl/N-ethyl adjacent to an activating group) is 1. The maximum atomic E-state index is 12.2. The first-order valence-electron chi connectivity index (χ1n) is 5.91. The summed E-state index contributed by atoms with van der Waals surface area (Å²) in [6.45, 7) is 3.97. The van der Waals surface area contributed by atoms with E-state index in [-0.39, 0.29) is 11.7 Å². The van der Waals surface area contributed by atoms with Gasteiger partial charge in [-0.05, 0) is 26.7 Å². The van der Waals surface area contributed by atoms with Crippen molar-refractivity contribution in [3.63, 3.8) is 0 Å². The Balaban J connectivity index is 2.89. The van der Waals surface area contributed by atoms with E-state index in [1.807, 2.05) is 13.8 Å². The van der Waals surface area contributed by atoms with Crippen molar-refractivity contribution in [3.05, 3.63) is 0 Å². The molecule has 1 amide bonds.